The molecule has 1 fully saturated rings. The molecular formula is C13H26N2O4S. The van der Waals surface area contributed by atoms with Gasteiger partial charge in [0.05, 0.1) is 11.9 Å². The van der Waals surface area contributed by atoms with Crippen LogP contribution in [-0.4, -0.2) is 79.6 Å². The van der Waals surface area contributed by atoms with Crippen molar-refractivity contribution in [2.24, 2.45) is 5.92 Å². The molecule has 1 N–H and O–H groups in total. The van der Waals surface area contributed by atoms with E-state index < -0.39 is 9.84 Å². The smallest absolute Gasteiger partial charge is 0.237 e. The van der Waals surface area contributed by atoms with Crippen molar-refractivity contribution in [3.63, 3.8) is 0 Å². The van der Waals surface area contributed by atoms with Gasteiger partial charge in [-0.3, -0.25) is 9.69 Å². The van der Waals surface area contributed by atoms with Crippen LogP contribution >= 0.6 is 0 Å². The summed E-state index contributed by atoms with van der Waals surface area (Å²) in [7, 11) is -3.31. The quantitative estimate of drug-likeness (QED) is 0.721. The number of hydrogen-bond donors (Lipinski definition) is 1. The van der Waals surface area contributed by atoms with Crippen LogP contribution in [0.15, 0.2) is 0 Å². The lowest BCUT2D eigenvalue weighted by Gasteiger charge is -2.35. The van der Waals surface area contributed by atoms with Gasteiger partial charge < -0.3 is 10.0 Å². The Morgan fingerprint density at radius 1 is 1.15 bits per heavy atom. The first-order chi connectivity index (χ1) is 9.19. The topological polar surface area (TPSA) is 77.9 Å². The van der Waals surface area contributed by atoms with Crippen LogP contribution in [0.4, 0.5) is 0 Å². The van der Waals surface area contributed by atoms with E-state index in [1.807, 2.05) is 13.8 Å². The summed E-state index contributed by atoms with van der Waals surface area (Å²) < 4.78 is 23.6. The van der Waals surface area contributed by atoms with Gasteiger partial charge in [-0.2, -0.15) is 0 Å². The van der Waals surface area contributed by atoms with Gasteiger partial charge >= 0.3 is 0 Å². The fourth-order valence-electron chi connectivity index (χ4n) is 2.40. The lowest BCUT2D eigenvalue weighted by atomic mass is 10.3. The summed E-state index contributed by atoms with van der Waals surface area (Å²) in [6.07, 6.45) is -0.385. The molecule has 0 aromatic rings. The van der Waals surface area contributed by atoms with Crippen molar-refractivity contribution in [3.8, 4) is 0 Å². The van der Waals surface area contributed by atoms with E-state index in [1.165, 1.54) is 0 Å². The van der Waals surface area contributed by atoms with Crippen LogP contribution < -0.4 is 0 Å². The number of sulfone groups is 1. The highest BCUT2D eigenvalue weighted by Crippen LogP contribution is 2.06. The number of rotatable bonds is 6. The van der Waals surface area contributed by atoms with E-state index in [1.54, 1.807) is 11.8 Å². The van der Waals surface area contributed by atoms with Crippen molar-refractivity contribution in [2.45, 2.75) is 26.9 Å². The number of carbonyl (C=O) groups is 1. The third kappa shape index (κ3) is 6.19. The highest BCUT2D eigenvalue weighted by Gasteiger charge is 2.26. The molecule has 1 aliphatic rings. The molecule has 1 aliphatic heterocycles. The molecule has 0 aromatic carbocycles. The van der Waals surface area contributed by atoms with Crippen LogP contribution in [0, 0.1) is 5.92 Å². The summed E-state index contributed by atoms with van der Waals surface area (Å²) in [5.74, 6) is -0.597. The average molecular weight is 306 g/mol. The van der Waals surface area contributed by atoms with E-state index in [0.29, 0.717) is 32.7 Å². The van der Waals surface area contributed by atoms with Crippen molar-refractivity contribution in [1.82, 2.24) is 9.80 Å². The summed E-state index contributed by atoms with van der Waals surface area (Å²) in [6.45, 7) is 8.41. The van der Waals surface area contributed by atoms with Crippen molar-refractivity contribution >= 4 is 15.7 Å². The summed E-state index contributed by atoms with van der Waals surface area (Å²) in [4.78, 5) is 15.7. The lowest BCUT2D eigenvalue weighted by molar-refractivity contribution is -0.130. The van der Waals surface area contributed by atoms with Gasteiger partial charge in [0.25, 0.3) is 0 Å². The first kappa shape index (κ1) is 17.4. The van der Waals surface area contributed by atoms with Crippen molar-refractivity contribution in [3.05, 3.63) is 0 Å². The molecule has 1 rings (SSSR count). The van der Waals surface area contributed by atoms with Crippen LogP contribution in [0.5, 0.6) is 0 Å². The molecule has 0 saturated carbocycles. The van der Waals surface area contributed by atoms with Crippen LogP contribution in [-0.2, 0) is 14.6 Å². The minimum absolute atomic E-state index is 0.0377. The standard InChI is InChI=1S/C13H26N2O4S/c1-11(2)9-20(18,19)10-13(17)15-6-4-14(5-7-15)8-12(3)16/h11-12,16H,4-10H2,1-3H3/t12-/m0/s1. The molecular weight excluding hydrogens is 280 g/mol. The molecule has 7 heteroatoms. The molecule has 20 heavy (non-hydrogen) atoms. The van der Waals surface area contributed by atoms with E-state index in [2.05, 4.69) is 4.90 Å². The molecule has 0 aliphatic carbocycles. The highest BCUT2D eigenvalue weighted by molar-refractivity contribution is 7.92. The van der Waals surface area contributed by atoms with Gasteiger partial charge in [-0.1, -0.05) is 13.8 Å². The second-order valence-corrected chi connectivity index (χ2v) is 8.09. The normalized spacial score (nSPS) is 19.4. The second-order valence-electron chi connectivity index (χ2n) is 5.98. The number of β-amino-alcohol motifs (C(OH)–C–C–N with tert-alkyl or cyclic N) is 1. The van der Waals surface area contributed by atoms with E-state index in [-0.39, 0.29) is 29.4 Å². The maximum absolute atomic E-state index is 12.0. The van der Waals surface area contributed by atoms with Crippen molar-refractivity contribution in [1.29, 1.82) is 0 Å². The maximum Gasteiger partial charge on any atom is 0.237 e. The third-order valence-corrected chi connectivity index (χ3v) is 5.04. The number of piperazine rings is 1. The van der Waals surface area contributed by atoms with Gasteiger partial charge in [0.2, 0.25) is 5.91 Å². The lowest BCUT2D eigenvalue weighted by Crippen LogP contribution is -2.51. The second kappa shape index (κ2) is 7.38. The zero-order valence-corrected chi connectivity index (χ0v) is 13.4. The molecule has 118 valence electrons. The zero-order valence-electron chi connectivity index (χ0n) is 12.6. The van der Waals surface area contributed by atoms with E-state index in [9.17, 15) is 18.3 Å². The van der Waals surface area contributed by atoms with Gasteiger partial charge in [0, 0.05) is 32.7 Å². The fourth-order valence-corrected chi connectivity index (χ4v) is 4.09. The monoisotopic (exact) mass is 306 g/mol. The summed E-state index contributed by atoms with van der Waals surface area (Å²) in [5.41, 5.74) is 0. The Bertz CT molecular complexity index is 412. The largest absolute Gasteiger partial charge is 0.392 e. The molecule has 1 heterocycles. The van der Waals surface area contributed by atoms with Gasteiger partial charge in [-0.15, -0.1) is 0 Å². The average Bonchev–Trinajstić information content (AvgIpc) is 2.26. The Balaban J connectivity index is 2.43. The molecule has 1 saturated heterocycles. The van der Waals surface area contributed by atoms with Crippen LogP contribution in [0.2, 0.25) is 0 Å². The third-order valence-electron chi connectivity index (χ3n) is 3.18. The summed E-state index contributed by atoms with van der Waals surface area (Å²) >= 11 is 0. The molecule has 0 bridgehead atoms. The first-order valence-electron chi connectivity index (χ1n) is 7.08. The molecule has 6 nitrogen and oxygen atoms in total. The molecule has 0 unspecified atom stereocenters. The zero-order chi connectivity index (χ0) is 15.3. The highest BCUT2D eigenvalue weighted by atomic mass is 32.2. The van der Waals surface area contributed by atoms with E-state index >= 15 is 0 Å². The van der Waals surface area contributed by atoms with Crippen molar-refractivity contribution < 1.29 is 18.3 Å². The maximum atomic E-state index is 12.0. The van der Waals surface area contributed by atoms with E-state index in [4.69, 9.17) is 0 Å². The van der Waals surface area contributed by atoms with Crippen LogP contribution in [0.3, 0.4) is 0 Å². The Morgan fingerprint density at radius 3 is 2.15 bits per heavy atom. The Labute approximate surface area is 121 Å². The van der Waals surface area contributed by atoms with Gasteiger partial charge in [-0.25, -0.2) is 8.42 Å². The predicted molar refractivity (Wildman–Crippen MR) is 78.2 cm³/mol. The van der Waals surface area contributed by atoms with Gasteiger partial charge in [0.15, 0.2) is 9.84 Å². The van der Waals surface area contributed by atoms with E-state index in [0.717, 1.165) is 0 Å². The Kier molecular flexibility index (Phi) is 6.42. The molecule has 0 spiro atoms. The number of nitrogens with zero attached hydrogens (tertiary/aromatic N) is 2. The minimum Gasteiger partial charge on any atom is -0.392 e. The molecule has 0 radical (unpaired) electrons. The van der Waals surface area contributed by atoms with Gasteiger partial charge in [-0.05, 0) is 12.8 Å². The molecule has 1 amide bonds. The number of aliphatic hydroxyl groups excluding tert-OH is 1. The number of aliphatic hydroxyl groups is 1. The fraction of sp³-hybridized carbons (Fsp3) is 0.923. The summed E-state index contributed by atoms with van der Waals surface area (Å²) in [5, 5.41) is 9.31. The van der Waals surface area contributed by atoms with Crippen LogP contribution in [0.1, 0.15) is 20.8 Å². The molecule has 0 aromatic heterocycles. The number of amides is 1. The number of hydrogen-bond acceptors (Lipinski definition) is 5. The Hall–Kier alpha value is -0.660. The molecule has 1 atom stereocenters. The van der Waals surface area contributed by atoms with Gasteiger partial charge in [0.1, 0.15) is 5.75 Å². The summed E-state index contributed by atoms with van der Waals surface area (Å²) in [6, 6.07) is 0. The predicted octanol–water partition coefficient (Wildman–Crippen LogP) is -0.418. The van der Waals surface area contributed by atoms with Crippen molar-refractivity contribution in [2.75, 3.05) is 44.2 Å². The minimum atomic E-state index is -3.31. The first-order valence-corrected chi connectivity index (χ1v) is 8.90. The Morgan fingerprint density at radius 2 is 1.70 bits per heavy atom. The number of carbonyl (C=O) groups excluding carboxylic acids is 1. The SMILES string of the molecule is CC(C)CS(=O)(=O)CC(=O)N1CCN(C[C@H](C)O)CC1. The van der Waals surface area contributed by atoms with Crippen LogP contribution in [0.25, 0.3) is 0 Å².